The van der Waals surface area contributed by atoms with E-state index in [1.54, 1.807) is 14.2 Å². The van der Waals surface area contributed by atoms with Gasteiger partial charge < -0.3 is 20.1 Å². The fraction of sp³-hybridized carbons (Fsp3) is 0.562. The van der Waals surface area contributed by atoms with Crippen LogP contribution in [-0.4, -0.2) is 39.8 Å². The zero-order chi connectivity index (χ0) is 15.2. The Kier molecular flexibility index (Phi) is 7.48. The predicted molar refractivity (Wildman–Crippen MR) is 89.0 cm³/mol. The number of benzene rings is 1. The molecule has 0 radical (unpaired) electrons. The molecular formula is C16H25ClN2O3. The van der Waals surface area contributed by atoms with Crippen LogP contribution in [0.4, 0.5) is 0 Å². The van der Waals surface area contributed by atoms with Gasteiger partial charge in [0, 0.05) is 12.5 Å². The van der Waals surface area contributed by atoms with Crippen molar-refractivity contribution in [3.63, 3.8) is 0 Å². The van der Waals surface area contributed by atoms with E-state index in [-0.39, 0.29) is 24.2 Å². The molecule has 1 aliphatic rings. The molecule has 0 bridgehead atoms. The van der Waals surface area contributed by atoms with Crippen LogP contribution in [0.15, 0.2) is 18.2 Å². The predicted octanol–water partition coefficient (Wildman–Crippen LogP) is 1.64. The van der Waals surface area contributed by atoms with Crippen LogP contribution in [0.5, 0.6) is 11.5 Å². The number of hydrogen-bond donors (Lipinski definition) is 2. The summed E-state index contributed by atoms with van der Waals surface area (Å²) < 4.78 is 10.6. The second-order valence-electron chi connectivity index (χ2n) is 5.43. The van der Waals surface area contributed by atoms with Crippen molar-refractivity contribution in [2.75, 3.05) is 33.9 Å². The summed E-state index contributed by atoms with van der Waals surface area (Å²) in [6.07, 6.45) is 0.724. The van der Waals surface area contributed by atoms with Gasteiger partial charge in [-0.1, -0.05) is 6.92 Å². The molecule has 2 rings (SSSR count). The summed E-state index contributed by atoms with van der Waals surface area (Å²) in [5, 5.41) is 6.20. The number of carbonyl (C=O) groups excluding carboxylic acids is 1. The van der Waals surface area contributed by atoms with E-state index in [4.69, 9.17) is 9.47 Å². The monoisotopic (exact) mass is 328 g/mol. The Bertz CT molecular complexity index is 492. The van der Waals surface area contributed by atoms with E-state index in [0.29, 0.717) is 12.5 Å². The fourth-order valence-corrected chi connectivity index (χ4v) is 2.44. The van der Waals surface area contributed by atoms with E-state index in [1.165, 1.54) is 0 Å². The Balaban J connectivity index is 0.00000242. The SMILES string of the molecule is COc1ccc(OC)c(CCNC(=O)C(C)C2CNC2)c1.Cl. The third kappa shape index (κ3) is 4.52. The highest BCUT2D eigenvalue weighted by molar-refractivity contribution is 5.85. The summed E-state index contributed by atoms with van der Waals surface area (Å²) in [6, 6.07) is 5.70. The molecule has 22 heavy (non-hydrogen) atoms. The highest BCUT2D eigenvalue weighted by Gasteiger charge is 2.28. The molecule has 5 nitrogen and oxygen atoms in total. The van der Waals surface area contributed by atoms with E-state index in [0.717, 1.165) is 36.6 Å². The lowest BCUT2D eigenvalue weighted by atomic mass is 9.88. The molecule has 1 aliphatic heterocycles. The van der Waals surface area contributed by atoms with Crippen molar-refractivity contribution in [1.29, 1.82) is 0 Å². The van der Waals surface area contributed by atoms with Crippen molar-refractivity contribution in [2.24, 2.45) is 11.8 Å². The smallest absolute Gasteiger partial charge is 0.223 e. The summed E-state index contributed by atoms with van der Waals surface area (Å²) in [6.45, 7) is 4.48. The quantitative estimate of drug-likeness (QED) is 0.799. The Morgan fingerprint density at radius 2 is 2.09 bits per heavy atom. The molecule has 0 aliphatic carbocycles. The van der Waals surface area contributed by atoms with Crippen molar-refractivity contribution in [1.82, 2.24) is 10.6 Å². The lowest BCUT2D eigenvalue weighted by Gasteiger charge is -2.31. The second kappa shape index (κ2) is 8.86. The summed E-state index contributed by atoms with van der Waals surface area (Å²) in [5.41, 5.74) is 1.04. The molecule has 1 unspecified atom stereocenters. The lowest BCUT2D eigenvalue weighted by molar-refractivity contribution is -0.126. The average Bonchev–Trinajstić information content (AvgIpc) is 2.45. The van der Waals surface area contributed by atoms with Crippen LogP contribution < -0.4 is 20.1 Å². The van der Waals surface area contributed by atoms with E-state index < -0.39 is 0 Å². The molecule has 0 spiro atoms. The molecule has 124 valence electrons. The largest absolute Gasteiger partial charge is 0.497 e. The number of ether oxygens (including phenoxy) is 2. The highest BCUT2D eigenvalue weighted by Crippen LogP contribution is 2.24. The van der Waals surface area contributed by atoms with Crippen LogP contribution in [0.3, 0.4) is 0 Å². The van der Waals surface area contributed by atoms with Crippen LogP contribution in [0.2, 0.25) is 0 Å². The van der Waals surface area contributed by atoms with Crippen LogP contribution >= 0.6 is 12.4 Å². The maximum atomic E-state index is 12.1. The zero-order valence-electron chi connectivity index (χ0n) is 13.3. The van der Waals surface area contributed by atoms with Gasteiger partial charge in [-0.3, -0.25) is 4.79 Å². The molecule has 0 saturated carbocycles. The number of carbonyl (C=O) groups is 1. The van der Waals surface area contributed by atoms with Crippen LogP contribution in [0, 0.1) is 11.8 Å². The summed E-state index contributed by atoms with van der Waals surface area (Å²) in [7, 11) is 3.29. The molecule has 0 aromatic heterocycles. The third-order valence-corrected chi connectivity index (χ3v) is 4.11. The average molecular weight is 329 g/mol. The Hall–Kier alpha value is -1.46. The minimum Gasteiger partial charge on any atom is -0.497 e. The van der Waals surface area contributed by atoms with Crippen molar-refractivity contribution < 1.29 is 14.3 Å². The van der Waals surface area contributed by atoms with Gasteiger partial charge in [0.25, 0.3) is 0 Å². The van der Waals surface area contributed by atoms with Gasteiger partial charge in [-0.25, -0.2) is 0 Å². The van der Waals surface area contributed by atoms with Crippen molar-refractivity contribution >= 4 is 18.3 Å². The first-order valence-corrected chi connectivity index (χ1v) is 7.35. The van der Waals surface area contributed by atoms with Gasteiger partial charge in [-0.05, 0) is 49.2 Å². The van der Waals surface area contributed by atoms with Gasteiger partial charge in [0.2, 0.25) is 5.91 Å². The van der Waals surface area contributed by atoms with Crippen molar-refractivity contribution in [3.05, 3.63) is 23.8 Å². The topological polar surface area (TPSA) is 59.6 Å². The Morgan fingerprint density at radius 3 is 2.64 bits per heavy atom. The minimum absolute atomic E-state index is 0. The third-order valence-electron chi connectivity index (χ3n) is 4.11. The molecule has 1 aromatic rings. The molecule has 1 saturated heterocycles. The molecule has 1 aromatic carbocycles. The lowest BCUT2D eigenvalue weighted by Crippen LogP contribution is -2.49. The first-order chi connectivity index (χ1) is 10.2. The molecule has 2 N–H and O–H groups in total. The summed E-state index contributed by atoms with van der Waals surface area (Å²) in [5.74, 6) is 2.28. The maximum Gasteiger partial charge on any atom is 0.223 e. The molecule has 6 heteroatoms. The molecule has 1 fully saturated rings. The molecule has 1 heterocycles. The van der Waals surface area contributed by atoms with Crippen LogP contribution in [0.25, 0.3) is 0 Å². The number of rotatable bonds is 7. The summed E-state index contributed by atoms with van der Waals surface area (Å²) >= 11 is 0. The van der Waals surface area contributed by atoms with Crippen LogP contribution in [-0.2, 0) is 11.2 Å². The first kappa shape index (κ1) is 18.6. The molecular weight excluding hydrogens is 304 g/mol. The van der Waals surface area contributed by atoms with Gasteiger partial charge >= 0.3 is 0 Å². The van der Waals surface area contributed by atoms with Crippen molar-refractivity contribution in [3.8, 4) is 11.5 Å². The van der Waals surface area contributed by atoms with E-state index in [1.807, 2.05) is 25.1 Å². The summed E-state index contributed by atoms with van der Waals surface area (Å²) in [4.78, 5) is 12.1. The zero-order valence-corrected chi connectivity index (χ0v) is 14.2. The van der Waals surface area contributed by atoms with Crippen LogP contribution in [0.1, 0.15) is 12.5 Å². The number of amides is 1. The highest BCUT2D eigenvalue weighted by atomic mass is 35.5. The second-order valence-corrected chi connectivity index (χ2v) is 5.43. The van der Waals surface area contributed by atoms with Gasteiger partial charge in [0.15, 0.2) is 0 Å². The number of nitrogens with one attached hydrogen (secondary N) is 2. The molecule has 1 amide bonds. The Labute approximate surface area is 138 Å². The maximum absolute atomic E-state index is 12.1. The van der Waals surface area contributed by atoms with Gasteiger partial charge in [0.05, 0.1) is 14.2 Å². The minimum atomic E-state index is 0. The number of halogens is 1. The number of methoxy groups -OCH3 is 2. The first-order valence-electron chi connectivity index (χ1n) is 7.35. The van der Waals surface area contributed by atoms with Crippen molar-refractivity contribution in [2.45, 2.75) is 13.3 Å². The standard InChI is InChI=1S/C16H24N2O3.ClH/c1-11(13-9-17-10-13)16(19)18-7-6-12-8-14(20-2)4-5-15(12)21-3;/h4-5,8,11,13,17H,6-7,9-10H2,1-3H3,(H,18,19);1H. The fourth-order valence-electron chi connectivity index (χ4n) is 2.44. The van der Waals surface area contributed by atoms with Gasteiger partial charge in [-0.2, -0.15) is 0 Å². The van der Waals surface area contributed by atoms with E-state index in [2.05, 4.69) is 10.6 Å². The Morgan fingerprint density at radius 1 is 1.36 bits per heavy atom. The normalized spacial score (nSPS) is 15.2. The van der Waals surface area contributed by atoms with E-state index >= 15 is 0 Å². The van der Waals surface area contributed by atoms with E-state index in [9.17, 15) is 4.79 Å². The van der Waals surface area contributed by atoms with Gasteiger partial charge in [0.1, 0.15) is 11.5 Å². The number of hydrogen-bond acceptors (Lipinski definition) is 4. The van der Waals surface area contributed by atoms with Gasteiger partial charge in [-0.15, -0.1) is 12.4 Å². The molecule has 1 atom stereocenters.